The third-order valence-electron chi connectivity index (χ3n) is 4.39. The predicted molar refractivity (Wildman–Crippen MR) is 94.9 cm³/mol. The lowest BCUT2D eigenvalue weighted by Gasteiger charge is -2.16. The van der Waals surface area contributed by atoms with Crippen LogP contribution in [0, 0.1) is 6.92 Å². The van der Waals surface area contributed by atoms with Gasteiger partial charge in [-0.25, -0.2) is 8.42 Å². The molecular formula is C17H22N4O4S. The van der Waals surface area contributed by atoms with Crippen LogP contribution in [0.2, 0.25) is 0 Å². The number of sulfonamides is 1. The van der Waals surface area contributed by atoms with Gasteiger partial charge in [-0.2, -0.15) is 9.40 Å². The molecule has 1 fully saturated rings. The van der Waals surface area contributed by atoms with Gasteiger partial charge in [-0.1, -0.05) is 6.07 Å². The first-order valence-electron chi connectivity index (χ1n) is 8.33. The number of hydrogen-bond donors (Lipinski definition) is 2. The molecule has 1 amide bonds. The number of aliphatic hydroxyl groups is 1. The largest absolute Gasteiger partial charge is 0.392 e. The van der Waals surface area contributed by atoms with Gasteiger partial charge in [0.25, 0.3) is 5.91 Å². The van der Waals surface area contributed by atoms with Crippen LogP contribution in [0.5, 0.6) is 0 Å². The Morgan fingerprint density at radius 1 is 1.38 bits per heavy atom. The number of amides is 1. The normalized spacial score (nSPS) is 18.2. The second-order valence-electron chi connectivity index (χ2n) is 6.42. The zero-order chi connectivity index (χ0) is 18.9. The van der Waals surface area contributed by atoms with Crippen molar-refractivity contribution in [3.63, 3.8) is 0 Å². The molecular weight excluding hydrogens is 356 g/mol. The Morgan fingerprint density at radius 2 is 2.15 bits per heavy atom. The Bertz CT molecular complexity index is 923. The number of nitrogens with zero attached hydrogens (tertiary/aromatic N) is 3. The van der Waals surface area contributed by atoms with E-state index in [1.54, 1.807) is 23.9 Å². The maximum Gasteiger partial charge on any atom is 0.251 e. The second-order valence-corrected chi connectivity index (χ2v) is 8.35. The number of rotatable bonds is 5. The highest BCUT2D eigenvalue weighted by atomic mass is 32.2. The number of aryl methyl sites for hydroxylation is 2. The molecule has 1 aliphatic heterocycles. The van der Waals surface area contributed by atoms with Crippen LogP contribution in [0.25, 0.3) is 0 Å². The van der Waals surface area contributed by atoms with Crippen molar-refractivity contribution in [1.82, 2.24) is 19.4 Å². The molecule has 1 atom stereocenters. The Kier molecular flexibility index (Phi) is 5.12. The van der Waals surface area contributed by atoms with E-state index in [1.807, 2.05) is 13.0 Å². The van der Waals surface area contributed by atoms with Crippen molar-refractivity contribution in [2.24, 2.45) is 7.05 Å². The van der Waals surface area contributed by atoms with E-state index in [0.717, 1.165) is 11.4 Å². The summed E-state index contributed by atoms with van der Waals surface area (Å²) in [6.45, 7) is 2.53. The van der Waals surface area contributed by atoms with Crippen LogP contribution < -0.4 is 5.32 Å². The van der Waals surface area contributed by atoms with E-state index in [4.69, 9.17) is 0 Å². The van der Waals surface area contributed by atoms with E-state index in [9.17, 15) is 18.3 Å². The monoisotopic (exact) mass is 378 g/mol. The summed E-state index contributed by atoms with van der Waals surface area (Å²) in [5.74, 6) is -0.359. The lowest BCUT2D eigenvalue weighted by Crippen LogP contribution is -2.30. The molecule has 2 aromatic rings. The van der Waals surface area contributed by atoms with Crippen molar-refractivity contribution in [3.8, 4) is 0 Å². The molecule has 0 saturated carbocycles. The highest BCUT2D eigenvalue weighted by Crippen LogP contribution is 2.22. The van der Waals surface area contributed by atoms with Gasteiger partial charge in [-0.15, -0.1) is 0 Å². The maximum absolute atomic E-state index is 12.7. The average Bonchev–Trinajstić information content (AvgIpc) is 3.18. The second kappa shape index (κ2) is 7.18. The summed E-state index contributed by atoms with van der Waals surface area (Å²) in [5.41, 5.74) is 1.98. The van der Waals surface area contributed by atoms with E-state index in [-0.39, 0.29) is 29.5 Å². The van der Waals surface area contributed by atoms with Crippen molar-refractivity contribution in [2.75, 3.05) is 13.1 Å². The molecule has 0 spiro atoms. The molecule has 140 valence electrons. The summed E-state index contributed by atoms with van der Waals surface area (Å²) in [6.07, 6.45) is -0.220. The van der Waals surface area contributed by atoms with Gasteiger partial charge in [-0.05, 0) is 37.6 Å². The van der Waals surface area contributed by atoms with Crippen LogP contribution in [0.15, 0.2) is 35.2 Å². The summed E-state index contributed by atoms with van der Waals surface area (Å²) in [6, 6.07) is 7.81. The maximum atomic E-state index is 12.7. The third-order valence-corrected chi connectivity index (χ3v) is 6.25. The zero-order valence-corrected chi connectivity index (χ0v) is 15.5. The van der Waals surface area contributed by atoms with Gasteiger partial charge >= 0.3 is 0 Å². The predicted octanol–water partition coefficient (Wildman–Crippen LogP) is 0.414. The summed E-state index contributed by atoms with van der Waals surface area (Å²) < 4.78 is 28.2. The quantitative estimate of drug-likeness (QED) is 0.784. The topological polar surface area (TPSA) is 105 Å². The van der Waals surface area contributed by atoms with E-state index >= 15 is 0 Å². The Labute approximate surface area is 152 Å². The standard InChI is InChI=1S/C17H22N4O4S/c1-12-8-14(20(2)19-12)10-18-17(23)13-4-3-5-16(9-13)26(24,25)21-7-6-15(22)11-21/h3-5,8-9,15,22H,6-7,10-11H2,1-2H3,(H,18,23)/t15-/m1/s1. The van der Waals surface area contributed by atoms with Crippen molar-refractivity contribution in [3.05, 3.63) is 47.3 Å². The number of carbonyl (C=O) groups is 1. The summed E-state index contributed by atoms with van der Waals surface area (Å²) >= 11 is 0. The molecule has 2 heterocycles. The molecule has 0 aliphatic carbocycles. The van der Waals surface area contributed by atoms with Crippen molar-refractivity contribution >= 4 is 15.9 Å². The van der Waals surface area contributed by atoms with Crippen LogP contribution in [0.1, 0.15) is 28.2 Å². The molecule has 3 rings (SSSR count). The lowest BCUT2D eigenvalue weighted by atomic mass is 10.2. The summed E-state index contributed by atoms with van der Waals surface area (Å²) in [5, 5.41) is 16.6. The fourth-order valence-corrected chi connectivity index (χ4v) is 4.52. The highest BCUT2D eigenvalue weighted by molar-refractivity contribution is 7.89. The molecule has 1 aliphatic rings. The molecule has 0 radical (unpaired) electrons. The van der Waals surface area contributed by atoms with Crippen LogP contribution in [-0.2, 0) is 23.6 Å². The molecule has 8 nitrogen and oxygen atoms in total. The number of aromatic nitrogens is 2. The van der Waals surface area contributed by atoms with Gasteiger partial charge in [0.15, 0.2) is 0 Å². The van der Waals surface area contributed by atoms with Crippen molar-refractivity contribution in [2.45, 2.75) is 30.9 Å². The van der Waals surface area contributed by atoms with Crippen LogP contribution >= 0.6 is 0 Å². The van der Waals surface area contributed by atoms with E-state index in [2.05, 4.69) is 10.4 Å². The number of benzene rings is 1. The van der Waals surface area contributed by atoms with Crippen LogP contribution in [0.3, 0.4) is 0 Å². The minimum atomic E-state index is -3.72. The van der Waals surface area contributed by atoms with Crippen LogP contribution in [0.4, 0.5) is 0 Å². The van der Waals surface area contributed by atoms with Crippen molar-refractivity contribution < 1.29 is 18.3 Å². The average molecular weight is 378 g/mol. The molecule has 0 bridgehead atoms. The minimum absolute atomic E-state index is 0.0515. The molecule has 26 heavy (non-hydrogen) atoms. The molecule has 1 saturated heterocycles. The van der Waals surface area contributed by atoms with Gasteiger partial charge in [-0.3, -0.25) is 9.48 Å². The molecule has 0 unspecified atom stereocenters. The fourth-order valence-electron chi connectivity index (χ4n) is 2.98. The lowest BCUT2D eigenvalue weighted by molar-refractivity contribution is 0.0950. The molecule has 1 aromatic heterocycles. The Morgan fingerprint density at radius 3 is 2.77 bits per heavy atom. The first-order valence-corrected chi connectivity index (χ1v) is 9.77. The Hall–Kier alpha value is -2.23. The first kappa shape index (κ1) is 18.6. The fraction of sp³-hybridized carbons (Fsp3) is 0.412. The number of nitrogens with one attached hydrogen (secondary N) is 1. The highest BCUT2D eigenvalue weighted by Gasteiger charge is 2.31. The van der Waals surface area contributed by atoms with Gasteiger partial charge in [0.2, 0.25) is 10.0 Å². The Balaban J connectivity index is 1.74. The van der Waals surface area contributed by atoms with Gasteiger partial charge in [0.1, 0.15) is 0 Å². The van der Waals surface area contributed by atoms with Crippen molar-refractivity contribution in [1.29, 1.82) is 0 Å². The third kappa shape index (κ3) is 3.79. The van der Waals surface area contributed by atoms with E-state index in [0.29, 0.717) is 13.0 Å². The van der Waals surface area contributed by atoms with E-state index < -0.39 is 16.1 Å². The molecule has 1 aromatic carbocycles. The number of carbonyl (C=O) groups excluding carboxylic acids is 1. The summed E-state index contributed by atoms with van der Waals surface area (Å²) in [4.78, 5) is 12.5. The summed E-state index contributed by atoms with van der Waals surface area (Å²) in [7, 11) is -1.92. The van der Waals surface area contributed by atoms with Gasteiger partial charge in [0, 0.05) is 25.7 Å². The first-order chi connectivity index (χ1) is 12.3. The SMILES string of the molecule is Cc1cc(CNC(=O)c2cccc(S(=O)(=O)N3CC[C@@H](O)C3)c2)n(C)n1. The molecule has 2 N–H and O–H groups in total. The number of β-amino-alcohol motifs (C(OH)–C–C–N with tert-alkyl or cyclic N) is 1. The zero-order valence-electron chi connectivity index (χ0n) is 14.7. The van der Waals surface area contributed by atoms with E-state index in [1.165, 1.54) is 16.4 Å². The van der Waals surface area contributed by atoms with Gasteiger partial charge in [0.05, 0.1) is 28.9 Å². The molecule has 9 heteroatoms. The van der Waals surface area contributed by atoms with Crippen LogP contribution in [-0.4, -0.2) is 52.7 Å². The number of hydrogen-bond acceptors (Lipinski definition) is 5. The number of aliphatic hydroxyl groups excluding tert-OH is 1. The minimum Gasteiger partial charge on any atom is -0.392 e. The smallest absolute Gasteiger partial charge is 0.251 e. The van der Waals surface area contributed by atoms with Gasteiger partial charge < -0.3 is 10.4 Å².